The zero-order valence-electron chi connectivity index (χ0n) is 11.8. The van der Waals surface area contributed by atoms with E-state index in [9.17, 15) is 14.7 Å². The molecular weight excluding hydrogens is 260 g/mol. The predicted molar refractivity (Wildman–Crippen MR) is 67.7 cm³/mol. The lowest BCUT2D eigenvalue weighted by atomic mass is 9.61. The summed E-state index contributed by atoms with van der Waals surface area (Å²) in [4.78, 5) is 23.9. The summed E-state index contributed by atoms with van der Waals surface area (Å²) in [7, 11) is 0. The number of hydrogen-bond donors (Lipinski definition) is 1. The van der Waals surface area contributed by atoms with Crippen molar-refractivity contribution in [2.75, 3.05) is 13.2 Å². The summed E-state index contributed by atoms with van der Waals surface area (Å²) in [6.07, 6.45) is 1.55. The number of cyclic esters (lactones) is 1. The molecule has 0 aromatic carbocycles. The number of ether oxygens (including phenoxy) is 2. The van der Waals surface area contributed by atoms with Crippen molar-refractivity contribution in [1.82, 2.24) is 0 Å². The highest BCUT2D eigenvalue weighted by atomic mass is 16.6. The van der Waals surface area contributed by atoms with Crippen LogP contribution in [0.15, 0.2) is 0 Å². The van der Waals surface area contributed by atoms with Crippen LogP contribution in [0.1, 0.15) is 26.7 Å². The maximum absolute atomic E-state index is 12.3. The SMILES string of the molecule is CC1C[C@@]23[C@H](CC(C(=O)O)[C@@H]2COC(=O)[C@]32CO2)[C@@H]1C. The molecule has 5 nitrogen and oxygen atoms in total. The van der Waals surface area contributed by atoms with Crippen LogP contribution in [-0.2, 0) is 19.1 Å². The molecule has 0 bridgehead atoms. The summed E-state index contributed by atoms with van der Waals surface area (Å²) in [5.74, 6) is -0.290. The van der Waals surface area contributed by atoms with E-state index in [0.717, 1.165) is 6.42 Å². The Morgan fingerprint density at radius 3 is 2.65 bits per heavy atom. The fourth-order valence-corrected chi connectivity index (χ4v) is 5.62. The Hall–Kier alpha value is -1.10. The van der Waals surface area contributed by atoms with E-state index in [2.05, 4.69) is 13.8 Å². The van der Waals surface area contributed by atoms with Crippen molar-refractivity contribution in [2.45, 2.75) is 32.3 Å². The Balaban J connectivity index is 1.85. The average molecular weight is 280 g/mol. The van der Waals surface area contributed by atoms with Gasteiger partial charge in [-0.05, 0) is 30.6 Å². The molecule has 2 heterocycles. The lowest BCUT2D eigenvalue weighted by Crippen LogP contribution is -2.56. The van der Waals surface area contributed by atoms with Crippen LogP contribution in [0.3, 0.4) is 0 Å². The van der Waals surface area contributed by atoms with E-state index in [1.165, 1.54) is 0 Å². The fourth-order valence-electron chi connectivity index (χ4n) is 5.62. The van der Waals surface area contributed by atoms with Crippen LogP contribution in [0.5, 0.6) is 0 Å². The molecule has 2 aliphatic heterocycles. The lowest BCUT2D eigenvalue weighted by molar-refractivity contribution is -0.179. The number of aliphatic carboxylic acids is 1. The minimum Gasteiger partial charge on any atom is -0.481 e. The maximum atomic E-state index is 12.3. The van der Waals surface area contributed by atoms with E-state index in [1.54, 1.807) is 0 Å². The molecule has 0 radical (unpaired) electrons. The smallest absolute Gasteiger partial charge is 0.341 e. The molecule has 7 atom stereocenters. The van der Waals surface area contributed by atoms with Gasteiger partial charge in [-0.2, -0.15) is 0 Å². The quantitative estimate of drug-likeness (QED) is 0.579. The molecule has 2 saturated heterocycles. The first-order chi connectivity index (χ1) is 9.44. The van der Waals surface area contributed by atoms with E-state index in [4.69, 9.17) is 9.47 Å². The van der Waals surface area contributed by atoms with E-state index < -0.39 is 17.5 Å². The molecule has 5 heteroatoms. The first-order valence-corrected chi connectivity index (χ1v) is 7.48. The maximum Gasteiger partial charge on any atom is 0.341 e. The Bertz CT molecular complexity index is 496. The molecule has 2 spiro atoms. The molecule has 4 aliphatic rings. The second kappa shape index (κ2) is 3.56. The summed E-state index contributed by atoms with van der Waals surface area (Å²) < 4.78 is 10.9. The predicted octanol–water partition coefficient (Wildman–Crippen LogP) is 1.31. The van der Waals surface area contributed by atoms with Gasteiger partial charge < -0.3 is 14.6 Å². The summed E-state index contributed by atoms with van der Waals surface area (Å²) in [6.45, 7) is 5.06. The number of carbonyl (C=O) groups excluding carboxylic acids is 1. The first kappa shape index (κ1) is 12.6. The first-order valence-electron chi connectivity index (χ1n) is 7.48. The summed E-state index contributed by atoms with van der Waals surface area (Å²) in [5.41, 5.74) is -1.13. The van der Waals surface area contributed by atoms with Crippen LogP contribution in [0.2, 0.25) is 0 Å². The number of carboxylic acid groups (broad SMARTS) is 1. The minimum absolute atomic E-state index is 0.0856. The second-order valence-corrected chi connectivity index (χ2v) is 7.19. The average Bonchev–Trinajstić information content (AvgIpc) is 3.07. The zero-order valence-corrected chi connectivity index (χ0v) is 11.8. The number of epoxide rings is 1. The van der Waals surface area contributed by atoms with Crippen molar-refractivity contribution in [3.63, 3.8) is 0 Å². The van der Waals surface area contributed by atoms with Gasteiger partial charge in [0, 0.05) is 11.3 Å². The second-order valence-electron chi connectivity index (χ2n) is 7.19. The van der Waals surface area contributed by atoms with E-state index in [-0.39, 0.29) is 29.8 Å². The Kier molecular flexibility index (Phi) is 2.25. The van der Waals surface area contributed by atoms with Crippen molar-refractivity contribution in [3.8, 4) is 0 Å². The van der Waals surface area contributed by atoms with Gasteiger partial charge >= 0.3 is 11.9 Å². The van der Waals surface area contributed by atoms with Crippen LogP contribution in [-0.4, -0.2) is 35.9 Å². The Labute approximate surface area is 117 Å². The topological polar surface area (TPSA) is 76.1 Å². The van der Waals surface area contributed by atoms with Crippen molar-refractivity contribution in [2.24, 2.45) is 35.0 Å². The molecule has 0 amide bonds. The molecule has 1 N–H and O–H groups in total. The van der Waals surface area contributed by atoms with Crippen LogP contribution in [0, 0.1) is 35.0 Å². The molecule has 2 unspecified atom stereocenters. The highest BCUT2D eigenvalue weighted by Gasteiger charge is 2.80. The molecule has 4 fully saturated rings. The van der Waals surface area contributed by atoms with Crippen molar-refractivity contribution in [1.29, 1.82) is 0 Å². The molecule has 20 heavy (non-hydrogen) atoms. The van der Waals surface area contributed by atoms with E-state index >= 15 is 0 Å². The highest BCUT2D eigenvalue weighted by molar-refractivity contribution is 5.86. The van der Waals surface area contributed by atoms with Crippen molar-refractivity contribution >= 4 is 11.9 Å². The van der Waals surface area contributed by atoms with E-state index in [1.807, 2.05) is 0 Å². The van der Waals surface area contributed by atoms with Gasteiger partial charge in [-0.1, -0.05) is 13.8 Å². The third kappa shape index (κ3) is 1.15. The Morgan fingerprint density at radius 2 is 2.05 bits per heavy atom. The van der Waals surface area contributed by atoms with Gasteiger partial charge in [0.1, 0.15) is 0 Å². The molecule has 0 aromatic heterocycles. The van der Waals surface area contributed by atoms with Crippen molar-refractivity contribution in [3.05, 3.63) is 0 Å². The van der Waals surface area contributed by atoms with Crippen LogP contribution in [0.4, 0.5) is 0 Å². The fraction of sp³-hybridized carbons (Fsp3) is 0.867. The molecule has 4 rings (SSSR count). The van der Waals surface area contributed by atoms with Crippen LogP contribution in [0.25, 0.3) is 0 Å². The summed E-state index contributed by atoms with van der Waals surface area (Å²) >= 11 is 0. The molecule has 2 saturated carbocycles. The monoisotopic (exact) mass is 280 g/mol. The summed E-state index contributed by atoms with van der Waals surface area (Å²) in [5, 5.41) is 9.53. The molecule has 0 aromatic rings. The molecular formula is C15H20O5. The van der Waals surface area contributed by atoms with Gasteiger partial charge in [-0.15, -0.1) is 0 Å². The normalized spacial score (nSPS) is 56.3. The van der Waals surface area contributed by atoms with Gasteiger partial charge in [-0.3, -0.25) is 4.79 Å². The standard InChI is InChI=1S/C15H20O5/c1-7-4-14-10(8(7)2)3-9(12(16)17)11(14)5-19-13(18)15(14)6-20-15/h7-11H,3-6H2,1-2H3,(H,16,17)/t7?,8-,9?,10-,11+,14-,15-/m1/s1. The van der Waals surface area contributed by atoms with Gasteiger partial charge in [0.05, 0.1) is 19.1 Å². The minimum atomic E-state index is -0.830. The van der Waals surface area contributed by atoms with Gasteiger partial charge in [-0.25, -0.2) is 4.79 Å². The molecule has 110 valence electrons. The Morgan fingerprint density at radius 1 is 1.35 bits per heavy atom. The number of hydrogen-bond acceptors (Lipinski definition) is 4. The number of carbonyl (C=O) groups is 2. The largest absolute Gasteiger partial charge is 0.481 e. The third-order valence-corrected chi connectivity index (χ3v) is 6.73. The van der Waals surface area contributed by atoms with Gasteiger partial charge in [0.25, 0.3) is 0 Å². The highest BCUT2D eigenvalue weighted by Crippen LogP contribution is 2.72. The number of rotatable bonds is 1. The number of esters is 1. The van der Waals surface area contributed by atoms with Crippen LogP contribution < -0.4 is 0 Å². The lowest BCUT2D eigenvalue weighted by Gasteiger charge is -2.44. The molecule has 2 aliphatic carbocycles. The number of carboxylic acids is 1. The van der Waals surface area contributed by atoms with E-state index in [0.29, 0.717) is 24.9 Å². The van der Waals surface area contributed by atoms with Gasteiger partial charge in [0.2, 0.25) is 0 Å². The van der Waals surface area contributed by atoms with Gasteiger partial charge in [0.15, 0.2) is 5.60 Å². The van der Waals surface area contributed by atoms with Crippen LogP contribution >= 0.6 is 0 Å². The van der Waals surface area contributed by atoms with Crippen molar-refractivity contribution < 1.29 is 24.2 Å². The summed E-state index contributed by atoms with van der Waals surface area (Å²) in [6, 6.07) is 0. The third-order valence-electron chi connectivity index (χ3n) is 6.73. The zero-order chi connectivity index (χ0) is 14.3.